The summed E-state index contributed by atoms with van der Waals surface area (Å²) in [6.07, 6.45) is 9.79. The fourth-order valence-corrected chi connectivity index (χ4v) is 4.65. The molecular formula is C23H27NO2. The molecule has 3 nitrogen and oxygen atoms in total. The third kappa shape index (κ3) is 3.05. The van der Waals surface area contributed by atoms with Crippen molar-refractivity contribution >= 4 is 22.8 Å². The van der Waals surface area contributed by atoms with Crippen LogP contribution in [0.25, 0.3) is 16.8 Å². The second-order valence-corrected chi connectivity index (χ2v) is 7.66. The van der Waals surface area contributed by atoms with Crippen LogP contribution in [0.3, 0.4) is 0 Å². The van der Waals surface area contributed by atoms with Gasteiger partial charge in [-0.25, -0.2) is 0 Å². The summed E-state index contributed by atoms with van der Waals surface area (Å²) in [5.74, 6) is 0.129. The van der Waals surface area contributed by atoms with Crippen LogP contribution in [0.1, 0.15) is 61.4 Å². The quantitative estimate of drug-likeness (QED) is 0.863. The number of fused-ring (bicyclic) bond motifs is 3. The Morgan fingerprint density at radius 2 is 1.81 bits per heavy atom. The normalized spacial score (nSPS) is 25.3. The molecule has 1 unspecified atom stereocenters. The first-order valence-corrected chi connectivity index (χ1v) is 9.88. The summed E-state index contributed by atoms with van der Waals surface area (Å²) in [7, 11) is 0. The molecule has 2 fully saturated rings. The average molecular weight is 349 g/mol. The number of carbonyl (C=O) groups is 1. The van der Waals surface area contributed by atoms with Crippen molar-refractivity contribution < 1.29 is 9.90 Å². The van der Waals surface area contributed by atoms with E-state index in [4.69, 9.17) is 0 Å². The molecule has 3 heteroatoms. The van der Waals surface area contributed by atoms with Crippen molar-refractivity contribution in [3.8, 4) is 0 Å². The van der Waals surface area contributed by atoms with Gasteiger partial charge < -0.3 is 10.0 Å². The topological polar surface area (TPSA) is 40.5 Å². The van der Waals surface area contributed by atoms with Gasteiger partial charge in [0.25, 0.3) is 5.91 Å². The van der Waals surface area contributed by atoms with Crippen molar-refractivity contribution in [3.63, 3.8) is 0 Å². The zero-order chi connectivity index (χ0) is 18.1. The van der Waals surface area contributed by atoms with Crippen LogP contribution in [-0.4, -0.2) is 34.1 Å². The number of aliphatic hydroxyl groups excluding tert-OH is 1. The number of aliphatic hydroxyl groups is 1. The summed E-state index contributed by atoms with van der Waals surface area (Å²) in [6, 6.07) is 12.6. The summed E-state index contributed by atoms with van der Waals surface area (Å²) >= 11 is 0. The molecule has 2 aromatic carbocycles. The molecule has 2 aliphatic heterocycles. The SMILES string of the molecule is CCC/C=C/c1ccc(C(=O)N2[C@@H]3CC[C@H]2CC(O)C3)c2ccccc12. The smallest absolute Gasteiger partial charge is 0.254 e. The van der Waals surface area contributed by atoms with E-state index in [-0.39, 0.29) is 24.1 Å². The lowest BCUT2D eigenvalue weighted by Gasteiger charge is -2.37. The minimum absolute atomic E-state index is 0.129. The van der Waals surface area contributed by atoms with Gasteiger partial charge in [0.2, 0.25) is 0 Å². The summed E-state index contributed by atoms with van der Waals surface area (Å²) < 4.78 is 0. The summed E-state index contributed by atoms with van der Waals surface area (Å²) in [5.41, 5.74) is 1.96. The Morgan fingerprint density at radius 3 is 2.50 bits per heavy atom. The van der Waals surface area contributed by atoms with Gasteiger partial charge in [-0.1, -0.05) is 55.8 Å². The lowest BCUT2D eigenvalue weighted by atomic mass is 9.95. The molecule has 1 amide bonds. The van der Waals surface area contributed by atoms with Gasteiger partial charge in [-0.2, -0.15) is 0 Å². The van der Waals surface area contributed by atoms with Gasteiger partial charge in [-0.15, -0.1) is 0 Å². The number of piperidine rings is 1. The highest BCUT2D eigenvalue weighted by Gasteiger charge is 2.43. The maximum absolute atomic E-state index is 13.4. The molecule has 3 atom stereocenters. The van der Waals surface area contributed by atoms with Crippen LogP contribution < -0.4 is 0 Å². The lowest BCUT2D eigenvalue weighted by Crippen LogP contribution is -2.48. The Balaban J connectivity index is 1.71. The number of allylic oxidation sites excluding steroid dienone is 1. The minimum atomic E-state index is -0.251. The van der Waals surface area contributed by atoms with Gasteiger partial charge >= 0.3 is 0 Å². The predicted octanol–water partition coefficient (Wildman–Crippen LogP) is 4.78. The molecule has 1 N–H and O–H groups in total. The number of amides is 1. The second-order valence-electron chi connectivity index (χ2n) is 7.66. The monoisotopic (exact) mass is 349 g/mol. The maximum Gasteiger partial charge on any atom is 0.254 e. The molecule has 4 rings (SSSR count). The maximum atomic E-state index is 13.4. The number of benzene rings is 2. The predicted molar refractivity (Wildman–Crippen MR) is 106 cm³/mol. The molecule has 136 valence electrons. The van der Waals surface area contributed by atoms with Crippen LogP contribution in [0, 0.1) is 0 Å². The van der Waals surface area contributed by atoms with Crippen LogP contribution in [0.2, 0.25) is 0 Å². The Labute approximate surface area is 155 Å². The standard InChI is InChI=1S/C23H27NO2/c1-2-3-4-7-16-10-13-22(21-9-6-5-8-20(16)21)23(26)24-17-11-12-18(24)15-19(25)14-17/h4-10,13,17-19,25H,2-3,11-12,14-15H2,1H3/b7-4+/t17-,18+,19?. The highest BCUT2D eigenvalue weighted by molar-refractivity contribution is 6.09. The van der Waals surface area contributed by atoms with Gasteiger partial charge in [-0.05, 0) is 54.5 Å². The summed E-state index contributed by atoms with van der Waals surface area (Å²) in [5, 5.41) is 12.2. The number of nitrogens with zero attached hydrogens (tertiary/aromatic N) is 1. The van der Waals surface area contributed by atoms with Crippen LogP contribution in [0.15, 0.2) is 42.5 Å². The van der Waals surface area contributed by atoms with Crippen LogP contribution in [0.5, 0.6) is 0 Å². The Hall–Kier alpha value is -2.13. The lowest BCUT2D eigenvalue weighted by molar-refractivity contribution is 0.0288. The third-order valence-corrected chi connectivity index (χ3v) is 5.88. The summed E-state index contributed by atoms with van der Waals surface area (Å²) in [6.45, 7) is 2.17. The van der Waals surface area contributed by atoms with Gasteiger partial charge in [0.15, 0.2) is 0 Å². The van der Waals surface area contributed by atoms with Gasteiger partial charge in [0.1, 0.15) is 0 Å². The molecule has 2 saturated heterocycles. The average Bonchev–Trinajstić information content (AvgIpc) is 2.92. The first-order valence-electron chi connectivity index (χ1n) is 9.88. The Bertz CT molecular complexity index is 827. The zero-order valence-electron chi connectivity index (χ0n) is 15.4. The highest BCUT2D eigenvalue weighted by atomic mass is 16.3. The van der Waals surface area contributed by atoms with Crippen LogP contribution in [0.4, 0.5) is 0 Å². The molecule has 0 saturated carbocycles. The van der Waals surface area contributed by atoms with Gasteiger partial charge in [0.05, 0.1) is 6.10 Å². The number of hydrogen-bond donors (Lipinski definition) is 1. The van der Waals surface area contributed by atoms with E-state index in [1.165, 1.54) is 5.56 Å². The van der Waals surface area contributed by atoms with Crippen LogP contribution >= 0.6 is 0 Å². The van der Waals surface area contributed by atoms with E-state index < -0.39 is 0 Å². The van der Waals surface area contributed by atoms with Crippen LogP contribution in [-0.2, 0) is 0 Å². The first-order chi connectivity index (χ1) is 12.7. The second kappa shape index (κ2) is 7.24. The molecule has 26 heavy (non-hydrogen) atoms. The van der Waals surface area contributed by atoms with E-state index in [9.17, 15) is 9.90 Å². The fourth-order valence-electron chi connectivity index (χ4n) is 4.65. The largest absolute Gasteiger partial charge is 0.393 e. The van der Waals surface area contributed by atoms with E-state index in [0.29, 0.717) is 0 Å². The molecule has 0 radical (unpaired) electrons. The zero-order valence-corrected chi connectivity index (χ0v) is 15.4. The number of hydrogen-bond acceptors (Lipinski definition) is 2. The molecule has 2 heterocycles. The highest BCUT2D eigenvalue weighted by Crippen LogP contribution is 2.37. The van der Waals surface area contributed by atoms with E-state index in [2.05, 4.69) is 42.2 Å². The Kier molecular flexibility index (Phi) is 4.82. The molecule has 0 aliphatic carbocycles. The van der Waals surface area contributed by atoms with Crippen molar-refractivity contribution in [1.29, 1.82) is 0 Å². The fraction of sp³-hybridized carbons (Fsp3) is 0.435. The van der Waals surface area contributed by atoms with Crippen molar-refractivity contribution in [2.45, 2.75) is 63.6 Å². The van der Waals surface area contributed by atoms with Crippen molar-refractivity contribution in [2.24, 2.45) is 0 Å². The molecule has 0 spiro atoms. The molecule has 2 aromatic rings. The van der Waals surface area contributed by atoms with E-state index >= 15 is 0 Å². The van der Waals surface area contributed by atoms with Crippen molar-refractivity contribution in [3.05, 3.63) is 53.6 Å². The molecule has 2 aliphatic rings. The minimum Gasteiger partial charge on any atom is -0.393 e. The molecular weight excluding hydrogens is 322 g/mol. The van der Waals surface area contributed by atoms with E-state index in [1.54, 1.807) is 0 Å². The van der Waals surface area contributed by atoms with Gasteiger partial charge in [0, 0.05) is 17.6 Å². The van der Waals surface area contributed by atoms with Crippen molar-refractivity contribution in [2.75, 3.05) is 0 Å². The molecule has 0 aromatic heterocycles. The third-order valence-electron chi connectivity index (χ3n) is 5.88. The number of carbonyl (C=O) groups excluding carboxylic acids is 1. The van der Waals surface area contributed by atoms with E-state index in [0.717, 1.165) is 54.9 Å². The summed E-state index contributed by atoms with van der Waals surface area (Å²) in [4.78, 5) is 15.4. The first kappa shape index (κ1) is 17.3. The number of unbranched alkanes of at least 4 members (excludes halogenated alkanes) is 1. The van der Waals surface area contributed by atoms with Crippen molar-refractivity contribution in [1.82, 2.24) is 4.90 Å². The number of rotatable bonds is 4. The Morgan fingerprint density at radius 1 is 1.12 bits per heavy atom. The van der Waals surface area contributed by atoms with Gasteiger partial charge in [-0.3, -0.25) is 4.79 Å². The molecule has 2 bridgehead atoms. The van der Waals surface area contributed by atoms with E-state index in [1.807, 2.05) is 18.2 Å².